The second-order valence-corrected chi connectivity index (χ2v) is 4.96. The van der Waals surface area contributed by atoms with Crippen molar-refractivity contribution in [1.29, 1.82) is 0 Å². The molecule has 0 heterocycles. The molecule has 2 N–H and O–H groups in total. The molecule has 0 amide bonds. The maximum absolute atomic E-state index is 11.6. The Balaban J connectivity index is 3.65. The van der Waals surface area contributed by atoms with E-state index in [4.69, 9.17) is 9.84 Å². The maximum atomic E-state index is 11.6. The molecule has 0 fully saturated rings. The van der Waals surface area contributed by atoms with Crippen LogP contribution in [-0.2, 0) is 9.53 Å². The number of nitrogens with one attached hydrogen (secondary N) is 1. The normalized spacial score (nSPS) is 12.4. The lowest BCUT2D eigenvalue weighted by atomic mass is 10.2. The number of ether oxygens (including phenoxy) is 1. The number of esters is 1. The van der Waals surface area contributed by atoms with Gasteiger partial charge >= 0.3 is 5.97 Å². The first-order valence-corrected chi connectivity index (χ1v) is 7.50. The highest BCUT2D eigenvalue weighted by Crippen LogP contribution is 2.03. The van der Waals surface area contributed by atoms with Gasteiger partial charge in [-0.2, -0.15) is 11.8 Å². The molecular formula is C12H25NO3S. The highest BCUT2D eigenvalue weighted by Gasteiger charge is 2.17. The Labute approximate surface area is 108 Å². The molecule has 5 heteroatoms. The molecule has 1 atom stereocenters. The summed E-state index contributed by atoms with van der Waals surface area (Å²) in [7, 11) is 0. The molecule has 0 aromatic carbocycles. The van der Waals surface area contributed by atoms with Gasteiger partial charge in [0.1, 0.15) is 6.04 Å². The second kappa shape index (κ2) is 12.2. The topological polar surface area (TPSA) is 58.6 Å². The van der Waals surface area contributed by atoms with Crippen molar-refractivity contribution in [2.45, 2.75) is 39.2 Å². The molecule has 0 rings (SSSR count). The van der Waals surface area contributed by atoms with Crippen LogP contribution in [0, 0.1) is 0 Å². The summed E-state index contributed by atoms with van der Waals surface area (Å²) in [6.45, 7) is 5.38. The van der Waals surface area contributed by atoms with Gasteiger partial charge in [0.2, 0.25) is 0 Å². The van der Waals surface area contributed by atoms with E-state index in [1.807, 2.05) is 6.92 Å². The molecular weight excluding hydrogens is 238 g/mol. The van der Waals surface area contributed by atoms with Crippen LogP contribution in [0.5, 0.6) is 0 Å². The van der Waals surface area contributed by atoms with E-state index in [1.54, 1.807) is 11.8 Å². The third-order valence-corrected chi connectivity index (χ3v) is 3.30. The molecule has 0 spiro atoms. The van der Waals surface area contributed by atoms with Crippen molar-refractivity contribution in [3.8, 4) is 0 Å². The third kappa shape index (κ3) is 9.44. The second-order valence-electron chi connectivity index (χ2n) is 3.74. The molecule has 0 aliphatic carbocycles. The lowest BCUT2D eigenvalue weighted by Crippen LogP contribution is -2.39. The molecule has 0 aliphatic heterocycles. The van der Waals surface area contributed by atoms with Gasteiger partial charge in [-0.25, -0.2) is 0 Å². The SMILES string of the molecule is CCCC(NCCSCCCO)C(=O)OCC. The number of carbonyl (C=O) groups is 1. The van der Waals surface area contributed by atoms with Crippen LogP contribution in [0.4, 0.5) is 0 Å². The summed E-state index contributed by atoms with van der Waals surface area (Å²) in [6, 6.07) is -0.168. The van der Waals surface area contributed by atoms with Crippen LogP contribution < -0.4 is 5.32 Å². The number of aliphatic hydroxyl groups is 1. The highest BCUT2D eigenvalue weighted by molar-refractivity contribution is 7.99. The van der Waals surface area contributed by atoms with Crippen LogP contribution in [0.25, 0.3) is 0 Å². The zero-order valence-electron chi connectivity index (χ0n) is 10.9. The average Bonchev–Trinajstić information content (AvgIpc) is 2.32. The average molecular weight is 263 g/mol. The molecule has 17 heavy (non-hydrogen) atoms. The Hall–Kier alpha value is -0.260. The summed E-state index contributed by atoms with van der Waals surface area (Å²) >= 11 is 1.79. The summed E-state index contributed by atoms with van der Waals surface area (Å²) in [5, 5.41) is 11.8. The van der Waals surface area contributed by atoms with Gasteiger partial charge in [0, 0.05) is 18.9 Å². The van der Waals surface area contributed by atoms with Crippen molar-refractivity contribution in [3.63, 3.8) is 0 Å². The Morgan fingerprint density at radius 2 is 2.18 bits per heavy atom. The predicted molar refractivity (Wildman–Crippen MR) is 72.4 cm³/mol. The van der Waals surface area contributed by atoms with E-state index in [9.17, 15) is 4.79 Å². The molecule has 102 valence electrons. The van der Waals surface area contributed by atoms with E-state index < -0.39 is 0 Å². The minimum atomic E-state index is -0.168. The van der Waals surface area contributed by atoms with E-state index in [-0.39, 0.29) is 18.6 Å². The van der Waals surface area contributed by atoms with Crippen molar-refractivity contribution >= 4 is 17.7 Å². The smallest absolute Gasteiger partial charge is 0.323 e. The number of carbonyl (C=O) groups excluding carboxylic acids is 1. The lowest BCUT2D eigenvalue weighted by Gasteiger charge is -2.16. The zero-order valence-corrected chi connectivity index (χ0v) is 11.7. The Morgan fingerprint density at radius 1 is 1.41 bits per heavy atom. The fourth-order valence-corrected chi connectivity index (χ4v) is 2.21. The zero-order chi connectivity index (χ0) is 12.9. The van der Waals surface area contributed by atoms with Gasteiger partial charge < -0.3 is 15.2 Å². The van der Waals surface area contributed by atoms with Gasteiger partial charge in [0.15, 0.2) is 0 Å². The first-order valence-electron chi connectivity index (χ1n) is 6.34. The minimum Gasteiger partial charge on any atom is -0.465 e. The predicted octanol–water partition coefficient (Wildman–Crippen LogP) is 1.42. The van der Waals surface area contributed by atoms with Crippen LogP contribution in [0.3, 0.4) is 0 Å². The van der Waals surface area contributed by atoms with E-state index >= 15 is 0 Å². The molecule has 0 aliphatic rings. The van der Waals surface area contributed by atoms with Crippen molar-refractivity contribution < 1.29 is 14.6 Å². The van der Waals surface area contributed by atoms with Crippen molar-refractivity contribution in [2.24, 2.45) is 0 Å². The lowest BCUT2D eigenvalue weighted by molar-refractivity contribution is -0.145. The van der Waals surface area contributed by atoms with Gasteiger partial charge in [0.25, 0.3) is 0 Å². The van der Waals surface area contributed by atoms with Crippen LogP contribution in [0.15, 0.2) is 0 Å². The highest BCUT2D eigenvalue weighted by atomic mass is 32.2. The molecule has 0 saturated heterocycles. The van der Waals surface area contributed by atoms with Crippen LogP contribution in [0.2, 0.25) is 0 Å². The molecule has 0 aromatic heterocycles. The van der Waals surface area contributed by atoms with Crippen molar-refractivity contribution in [1.82, 2.24) is 5.32 Å². The van der Waals surface area contributed by atoms with Gasteiger partial charge in [-0.1, -0.05) is 13.3 Å². The van der Waals surface area contributed by atoms with Crippen LogP contribution in [-0.4, -0.2) is 48.4 Å². The summed E-state index contributed by atoms with van der Waals surface area (Å²) in [5.41, 5.74) is 0. The van der Waals surface area contributed by atoms with Gasteiger partial charge in [0.05, 0.1) is 6.61 Å². The molecule has 1 unspecified atom stereocenters. The molecule has 4 nitrogen and oxygen atoms in total. The first-order chi connectivity index (χ1) is 8.26. The maximum Gasteiger partial charge on any atom is 0.323 e. The largest absolute Gasteiger partial charge is 0.465 e. The molecule has 0 saturated carbocycles. The fraction of sp³-hybridized carbons (Fsp3) is 0.917. The Morgan fingerprint density at radius 3 is 2.76 bits per heavy atom. The van der Waals surface area contributed by atoms with Crippen LogP contribution in [0.1, 0.15) is 33.1 Å². The summed E-state index contributed by atoms with van der Waals surface area (Å²) in [6.07, 6.45) is 2.62. The summed E-state index contributed by atoms with van der Waals surface area (Å²) in [4.78, 5) is 11.6. The van der Waals surface area contributed by atoms with Gasteiger partial charge in [-0.15, -0.1) is 0 Å². The summed E-state index contributed by atoms with van der Waals surface area (Å²) in [5.74, 6) is 1.78. The summed E-state index contributed by atoms with van der Waals surface area (Å²) < 4.78 is 5.01. The van der Waals surface area contributed by atoms with E-state index in [1.165, 1.54) is 0 Å². The van der Waals surface area contributed by atoms with E-state index in [2.05, 4.69) is 12.2 Å². The molecule has 0 bridgehead atoms. The molecule has 0 aromatic rings. The third-order valence-electron chi connectivity index (χ3n) is 2.23. The van der Waals surface area contributed by atoms with Gasteiger partial charge in [-0.05, 0) is 25.5 Å². The standard InChI is InChI=1S/C12H25NO3S/c1-3-6-11(12(15)16-4-2)13-7-10-17-9-5-8-14/h11,13-14H,3-10H2,1-2H3. The minimum absolute atomic E-state index is 0.144. The number of aliphatic hydroxyl groups excluding tert-OH is 1. The fourth-order valence-electron chi connectivity index (χ4n) is 1.41. The Kier molecular flexibility index (Phi) is 12.0. The monoisotopic (exact) mass is 263 g/mol. The molecule has 0 radical (unpaired) electrons. The quantitative estimate of drug-likeness (QED) is 0.436. The van der Waals surface area contributed by atoms with Crippen molar-refractivity contribution in [3.05, 3.63) is 0 Å². The number of hydrogen-bond donors (Lipinski definition) is 2. The first kappa shape index (κ1) is 16.7. The van der Waals surface area contributed by atoms with Crippen LogP contribution >= 0.6 is 11.8 Å². The van der Waals surface area contributed by atoms with Gasteiger partial charge in [-0.3, -0.25) is 4.79 Å². The van der Waals surface area contributed by atoms with Crippen molar-refractivity contribution in [2.75, 3.05) is 31.3 Å². The Bertz CT molecular complexity index is 191. The van der Waals surface area contributed by atoms with E-state index in [0.29, 0.717) is 6.61 Å². The number of rotatable bonds is 11. The number of hydrogen-bond acceptors (Lipinski definition) is 5. The number of thioether (sulfide) groups is 1. The van der Waals surface area contributed by atoms with E-state index in [0.717, 1.165) is 37.3 Å².